The number of carbonyl (C=O) groups is 1. The summed E-state index contributed by atoms with van der Waals surface area (Å²) in [6.45, 7) is 5.35. The summed E-state index contributed by atoms with van der Waals surface area (Å²) in [6, 6.07) is 5.26. The van der Waals surface area contributed by atoms with Crippen LogP contribution in [0.4, 0.5) is 0 Å². The Labute approximate surface area is 119 Å². The molecule has 1 amide bonds. The van der Waals surface area contributed by atoms with E-state index in [1.807, 2.05) is 13.8 Å². The Balaban J connectivity index is 2.23. The van der Waals surface area contributed by atoms with Gasteiger partial charge in [-0.15, -0.1) is 0 Å². The second-order valence-corrected chi connectivity index (χ2v) is 5.03. The fourth-order valence-corrected chi connectivity index (χ4v) is 2.16. The molecule has 1 aliphatic rings. The number of rotatable bonds is 4. The largest absolute Gasteiger partial charge is 0.490 e. The molecule has 0 aromatic heterocycles. The first-order chi connectivity index (χ1) is 9.63. The van der Waals surface area contributed by atoms with Crippen LogP contribution < -0.4 is 9.47 Å². The van der Waals surface area contributed by atoms with Crippen LogP contribution in [0.25, 0.3) is 0 Å². The zero-order valence-electron chi connectivity index (χ0n) is 12.0. The van der Waals surface area contributed by atoms with Gasteiger partial charge in [0.25, 0.3) is 5.91 Å². The quantitative estimate of drug-likeness (QED) is 0.911. The van der Waals surface area contributed by atoms with Crippen LogP contribution in [0.5, 0.6) is 11.5 Å². The van der Waals surface area contributed by atoms with Gasteiger partial charge in [0.2, 0.25) is 0 Å². The molecule has 5 heteroatoms. The molecule has 1 aromatic rings. The highest BCUT2D eigenvalue weighted by Gasteiger charge is 2.20. The van der Waals surface area contributed by atoms with Crippen molar-refractivity contribution in [3.05, 3.63) is 23.8 Å². The van der Waals surface area contributed by atoms with Crippen molar-refractivity contribution in [2.45, 2.75) is 26.3 Å². The van der Waals surface area contributed by atoms with Crippen molar-refractivity contribution in [3.8, 4) is 11.5 Å². The van der Waals surface area contributed by atoms with E-state index in [9.17, 15) is 4.79 Å². The second-order valence-electron chi connectivity index (χ2n) is 5.03. The van der Waals surface area contributed by atoms with Crippen LogP contribution in [0, 0.1) is 0 Å². The van der Waals surface area contributed by atoms with E-state index in [1.54, 1.807) is 23.1 Å². The fraction of sp³-hybridized carbons (Fsp3) is 0.533. The minimum Gasteiger partial charge on any atom is -0.490 e. The Morgan fingerprint density at radius 2 is 2.00 bits per heavy atom. The van der Waals surface area contributed by atoms with Crippen molar-refractivity contribution in [2.24, 2.45) is 0 Å². The number of hydrogen-bond acceptors (Lipinski definition) is 4. The number of fused-ring (bicyclic) bond motifs is 1. The average Bonchev–Trinajstić information content (AvgIpc) is 2.68. The summed E-state index contributed by atoms with van der Waals surface area (Å²) in [5.41, 5.74) is 0.552. The molecule has 1 N–H and O–H groups in total. The van der Waals surface area contributed by atoms with Gasteiger partial charge >= 0.3 is 0 Å². The van der Waals surface area contributed by atoms with E-state index in [4.69, 9.17) is 14.6 Å². The van der Waals surface area contributed by atoms with E-state index in [0.717, 1.165) is 6.42 Å². The van der Waals surface area contributed by atoms with Crippen LogP contribution in [0.2, 0.25) is 0 Å². The lowest BCUT2D eigenvalue weighted by Gasteiger charge is -2.26. The standard InChI is InChI=1S/C15H21NO4/c1-11(2)16(6-7-17)15(18)12-4-5-13-14(10-12)20-9-3-8-19-13/h4-5,10-11,17H,3,6-9H2,1-2H3. The molecule has 0 atom stereocenters. The predicted octanol–water partition coefficient (Wildman–Crippen LogP) is 1.69. The third-order valence-electron chi connectivity index (χ3n) is 3.22. The van der Waals surface area contributed by atoms with E-state index < -0.39 is 0 Å². The summed E-state index contributed by atoms with van der Waals surface area (Å²) in [7, 11) is 0. The predicted molar refractivity (Wildman–Crippen MR) is 75.3 cm³/mol. The molecule has 0 unspecified atom stereocenters. The maximum Gasteiger partial charge on any atom is 0.254 e. The van der Waals surface area contributed by atoms with Crippen LogP contribution in [0.1, 0.15) is 30.6 Å². The Morgan fingerprint density at radius 3 is 2.65 bits per heavy atom. The zero-order chi connectivity index (χ0) is 14.5. The SMILES string of the molecule is CC(C)N(CCO)C(=O)c1ccc2c(c1)OCCCO2. The summed E-state index contributed by atoms with van der Waals surface area (Å²) >= 11 is 0. The maximum absolute atomic E-state index is 12.5. The summed E-state index contributed by atoms with van der Waals surface area (Å²) in [6.07, 6.45) is 0.834. The van der Waals surface area contributed by atoms with Crippen LogP contribution in [0.15, 0.2) is 18.2 Å². The lowest BCUT2D eigenvalue weighted by molar-refractivity contribution is 0.0665. The van der Waals surface area contributed by atoms with Crippen molar-refractivity contribution in [2.75, 3.05) is 26.4 Å². The maximum atomic E-state index is 12.5. The topological polar surface area (TPSA) is 59.0 Å². The number of ether oxygens (including phenoxy) is 2. The van der Waals surface area contributed by atoms with E-state index in [0.29, 0.717) is 36.8 Å². The van der Waals surface area contributed by atoms with Gasteiger partial charge in [-0.1, -0.05) is 0 Å². The zero-order valence-corrected chi connectivity index (χ0v) is 12.0. The fourth-order valence-electron chi connectivity index (χ4n) is 2.16. The van der Waals surface area contributed by atoms with Crippen molar-refractivity contribution in [1.29, 1.82) is 0 Å². The third kappa shape index (κ3) is 3.22. The molecule has 5 nitrogen and oxygen atoms in total. The molecule has 2 rings (SSSR count). The van der Waals surface area contributed by atoms with E-state index in [2.05, 4.69) is 0 Å². The molecule has 0 bridgehead atoms. The van der Waals surface area contributed by atoms with Gasteiger partial charge in [0.15, 0.2) is 11.5 Å². The van der Waals surface area contributed by atoms with Crippen LogP contribution in [0.3, 0.4) is 0 Å². The second kappa shape index (κ2) is 6.61. The Bertz CT molecular complexity index is 473. The molecule has 110 valence electrons. The van der Waals surface area contributed by atoms with Crippen molar-refractivity contribution < 1.29 is 19.4 Å². The Kier molecular flexibility index (Phi) is 4.84. The van der Waals surface area contributed by atoms with Crippen molar-refractivity contribution in [1.82, 2.24) is 4.90 Å². The average molecular weight is 279 g/mol. The normalized spacial score (nSPS) is 14.0. The van der Waals surface area contributed by atoms with E-state index in [1.165, 1.54) is 0 Å². The number of amides is 1. The Hall–Kier alpha value is -1.75. The number of nitrogens with zero attached hydrogens (tertiary/aromatic N) is 1. The molecule has 0 radical (unpaired) electrons. The smallest absolute Gasteiger partial charge is 0.254 e. The van der Waals surface area contributed by atoms with Gasteiger partial charge in [-0.2, -0.15) is 0 Å². The van der Waals surface area contributed by atoms with Crippen molar-refractivity contribution >= 4 is 5.91 Å². The first kappa shape index (κ1) is 14.7. The monoisotopic (exact) mass is 279 g/mol. The highest BCUT2D eigenvalue weighted by atomic mass is 16.5. The van der Waals surface area contributed by atoms with Gasteiger partial charge in [-0.05, 0) is 32.0 Å². The lowest BCUT2D eigenvalue weighted by Crippen LogP contribution is -2.39. The number of hydrogen-bond donors (Lipinski definition) is 1. The van der Waals surface area contributed by atoms with Crippen LogP contribution in [-0.2, 0) is 0 Å². The van der Waals surface area contributed by atoms with E-state index in [-0.39, 0.29) is 18.6 Å². The van der Waals surface area contributed by atoms with Gasteiger partial charge < -0.3 is 19.5 Å². The first-order valence-electron chi connectivity index (χ1n) is 6.95. The number of aliphatic hydroxyl groups is 1. The van der Waals surface area contributed by atoms with Gasteiger partial charge in [-0.25, -0.2) is 0 Å². The highest BCUT2D eigenvalue weighted by Crippen LogP contribution is 2.30. The van der Waals surface area contributed by atoms with Crippen LogP contribution in [-0.4, -0.2) is 48.3 Å². The molecule has 0 saturated heterocycles. The van der Waals surface area contributed by atoms with Gasteiger partial charge in [0.1, 0.15) is 0 Å². The molecule has 1 aliphatic heterocycles. The Morgan fingerprint density at radius 1 is 1.30 bits per heavy atom. The summed E-state index contributed by atoms with van der Waals surface area (Å²) in [5, 5.41) is 9.07. The molecule has 1 heterocycles. The molecular weight excluding hydrogens is 258 g/mol. The molecule has 20 heavy (non-hydrogen) atoms. The summed E-state index contributed by atoms with van der Waals surface area (Å²) in [4.78, 5) is 14.1. The summed E-state index contributed by atoms with van der Waals surface area (Å²) < 4.78 is 11.1. The number of carbonyl (C=O) groups excluding carboxylic acids is 1. The van der Waals surface area contributed by atoms with Crippen molar-refractivity contribution in [3.63, 3.8) is 0 Å². The van der Waals surface area contributed by atoms with Gasteiger partial charge in [-0.3, -0.25) is 4.79 Å². The minimum atomic E-state index is -0.107. The molecule has 0 spiro atoms. The third-order valence-corrected chi connectivity index (χ3v) is 3.22. The van der Waals surface area contributed by atoms with Gasteiger partial charge in [0.05, 0.1) is 19.8 Å². The van der Waals surface area contributed by atoms with Crippen LogP contribution >= 0.6 is 0 Å². The number of benzene rings is 1. The molecule has 0 saturated carbocycles. The molecule has 1 aromatic carbocycles. The first-order valence-corrected chi connectivity index (χ1v) is 6.95. The molecule has 0 fully saturated rings. The lowest BCUT2D eigenvalue weighted by atomic mass is 10.1. The van der Waals surface area contributed by atoms with Gasteiger partial charge in [0, 0.05) is 24.6 Å². The number of aliphatic hydroxyl groups excluding tert-OH is 1. The minimum absolute atomic E-state index is 0.0330. The summed E-state index contributed by atoms with van der Waals surface area (Å²) in [5.74, 6) is 1.18. The highest BCUT2D eigenvalue weighted by molar-refractivity contribution is 5.95. The van der Waals surface area contributed by atoms with E-state index >= 15 is 0 Å². The molecule has 0 aliphatic carbocycles. The molecular formula is C15H21NO4.